The van der Waals surface area contributed by atoms with E-state index in [1.807, 2.05) is 0 Å². The molecule has 0 amide bonds. The third-order valence-electron chi connectivity index (χ3n) is 2.45. The maximum atomic E-state index is 4.52. The first-order valence-corrected chi connectivity index (χ1v) is 6.94. The summed E-state index contributed by atoms with van der Waals surface area (Å²) < 4.78 is 2.15. The number of aromatic nitrogens is 2. The van der Waals surface area contributed by atoms with Gasteiger partial charge in [0, 0.05) is 16.9 Å². The molecular formula is C11H13BrN2S. The monoisotopic (exact) mass is 284 g/mol. The fourth-order valence-electron chi connectivity index (χ4n) is 1.51. The molecule has 2 rings (SSSR count). The predicted octanol–water partition coefficient (Wildman–Crippen LogP) is 3.89. The molecule has 0 unspecified atom stereocenters. The third-order valence-corrected chi connectivity index (χ3v) is 3.93. The number of thiazole rings is 1. The van der Waals surface area contributed by atoms with Gasteiger partial charge in [-0.1, -0.05) is 28.4 Å². The van der Waals surface area contributed by atoms with Gasteiger partial charge in [0.1, 0.15) is 0 Å². The highest BCUT2D eigenvalue weighted by atomic mass is 79.9. The van der Waals surface area contributed by atoms with E-state index in [9.17, 15) is 0 Å². The van der Waals surface area contributed by atoms with Crippen molar-refractivity contribution >= 4 is 38.3 Å². The maximum absolute atomic E-state index is 4.52. The van der Waals surface area contributed by atoms with Gasteiger partial charge in [0.15, 0.2) is 4.96 Å². The number of halogens is 1. The number of allylic oxidation sites excluding steroid dienone is 1. The Morgan fingerprint density at radius 1 is 1.67 bits per heavy atom. The van der Waals surface area contributed by atoms with Crippen molar-refractivity contribution in [2.24, 2.45) is 0 Å². The molecule has 0 fully saturated rings. The molecule has 0 radical (unpaired) electrons. The van der Waals surface area contributed by atoms with Crippen LogP contribution in [-0.4, -0.2) is 14.7 Å². The van der Waals surface area contributed by atoms with Crippen molar-refractivity contribution in [3.8, 4) is 0 Å². The number of hydrogen-bond acceptors (Lipinski definition) is 2. The molecule has 0 saturated heterocycles. The number of imidazole rings is 1. The molecule has 0 aliphatic heterocycles. The average Bonchev–Trinajstić information content (AvgIpc) is 2.77. The highest BCUT2D eigenvalue weighted by Gasteiger charge is 2.07. The second-order valence-corrected chi connectivity index (χ2v) is 4.86. The molecule has 0 atom stereocenters. The highest BCUT2D eigenvalue weighted by Crippen LogP contribution is 2.20. The van der Waals surface area contributed by atoms with Crippen LogP contribution in [0, 0.1) is 6.92 Å². The molecule has 80 valence electrons. The zero-order valence-electron chi connectivity index (χ0n) is 8.83. The summed E-state index contributed by atoms with van der Waals surface area (Å²) in [5, 5.41) is 3.00. The Morgan fingerprint density at radius 2 is 2.47 bits per heavy atom. The Hall–Kier alpha value is -0.610. The Balaban J connectivity index is 2.54. The Morgan fingerprint density at radius 3 is 3.13 bits per heavy atom. The Labute approximate surface area is 102 Å². The van der Waals surface area contributed by atoms with E-state index in [0.29, 0.717) is 0 Å². The Bertz CT molecular complexity index is 490. The lowest BCUT2D eigenvalue weighted by atomic mass is 10.2. The normalized spacial score (nSPS) is 12.6. The quantitative estimate of drug-likeness (QED) is 0.782. The van der Waals surface area contributed by atoms with Crippen LogP contribution in [0.1, 0.15) is 24.7 Å². The summed E-state index contributed by atoms with van der Waals surface area (Å²) in [5.74, 6) is 0. The van der Waals surface area contributed by atoms with Crippen molar-refractivity contribution in [1.29, 1.82) is 0 Å². The summed E-state index contributed by atoms with van der Waals surface area (Å²) in [4.78, 5) is 5.59. The van der Waals surface area contributed by atoms with Crippen molar-refractivity contribution in [2.75, 3.05) is 5.33 Å². The van der Waals surface area contributed by atoms with Crippen molar-refractivity contribution in [2.45, 2.75) is 20.3 Å². The largest absolute Gasteiger partial charge is 0.291 e. The summed E-state index contributed by atoms with van der Waals surface area (Å²) in [6, 6.07) is 0. The van der Waals surface area contributed by atoms with Gasteiger partial charge in [-0.3, -0.25) is 4.40 Å². The zero-order chi connectivity index (χ0) is 10.8. The van der Waals surface area contributed by atoms with Gasteiger partial charge < -0.3 is 0 Å². The van der Waals surface area contributed by atoms with Crippen LogP contribution < -0.4 is 0 Å². The summed E-state index contributed by atoms with van der Waals surface area (Å²) >= 11 is 5.18. The second kappa shape index (κ2) is 4.49. The van der Waals surface area contributed by atoms with Crippen molar-refractivity contribution in [3.05, 3.63) is 28.5 Å². The molecule has 4 heteroatoms. The number of hydrogen-bond donors (Lipinski definition) is 0. The molecule has 0 saturated carbocycles. The van der Waals surface area contributed by atoms with Gasteiger partial charge in [0.25, 0.3) is 0 Å². The molecule has 2 heterocycles. The molecular weight excluding hydrogens is 272 g/mol. The maximum Gasteiger partial charge on any atom is 0.194 e. The summed E-state index contributed by atoms with van der Waals surface area (Å²) in [6.45, 7) is 4.24. The molecule has 0 aliphatic carbocycles. The van der Waals surface area contributed by atoms with Crippen LogP contribution in [0.15, 0.2) is 17.2 Å². The first kappa shape index (κ1) is 10.9. The van der Waals surface area contributed by atoms with Crippen LogP contribution in [0.4, 0.5) is 0 Å². The molecule has 15 heavy (non-hydrogen) atoms. The van der Waals surface area contributed by atoms with E-state index < -0.39 is 0 Å². The van der Waals surface area contributed by atoms with Crippen molar-refractivity contribution in [1.82, 2.24) is 9.38 Å². The molecule has 0 N–H and O–H groups in total. The minimum absolute atomic E-state index is 0.931. The molecule has 0 aromatic carbocycles. The van der Waals surface area contributed by atoms with Gasteiger partial charge in [0.05, 0.1) is 11.4 Å². The molecule has 2 aromatic heterocycles. The number of aryl methyl sites for hydroxylation is 1. The van der Waals surface area contributed by atoms with Gasteiger partial charge in [0.2, 0.25) is 0 Å². The van der Waals surface area contributed by atoms with Gasteiger partial charge in [-0.15, -0.1) is 11.3 Å². The molecule has 2 aromatic rings. The lowest BCUT2D eigenvalue weighted by molar-refractivity contribution is 1.11. The SMILES string of the molecule is CCC(=Cc1c(C)nc2sccn12)CBr. The number of nitrogens with zero attached hydrogens (tertiary/aromatic N) is 2. The van der Waals surface area contributed by atoms with Crippen LogP contribution in [0.3, 0.4) is 0 Å². The van der Waals surface area contributed by atoms with Gasteiger partial charge in [-0.05, 0) is 19.4 Å². The minimum Gasteiger partial charge on any atom is -0.291 e. The van der Waals surface area contributed by atoms with Crippen molar-refractivity contribution < 1.29 is 0 Å². The smallest absolute Gasteiger partial charge is 0.194 e. The van der Waals surface area contributed by atoms with E-state index in [-0.39, 0.29) is 0 Å². The average molecular weight is 285 g/mol. The van der Waals surface area contributed by atoms with E-state index in [4.69, 9.17) is 0 Å². The van der Waals surface area contributed by atoms with Crippen molar-refractivity contribution in [3.63, 3.8) is 0 Å². The number of rotatable bonds is 3. The highest BCUT2D eigenvalue weighted by molar-refractivity contribution is 9.09. The topological polar surface area (TPSA) is 17.3 Å². The lowest BCUT2D eigenvalue weighted by Crippen LogP contribution is -1.88. The van der Waals surface area contributed by atoms with Crippen LogP contribution in [0.2, 0.25) is 0 Å². The predicted molar refractivity (Wildman–Crippen MR) is 69.9 cm³/mol. The second-order valence-electron chi connectivity index (χ2n) is 3.43. The molecule has 2 nitrogen and oxygen atoms in total. The molecule has 0 aliphatic rings. The van der Waals surface area contributed by atoms with E-state index in [1.54, 1.807) is 11.3 Å². The van der Waals surface area contributed by atoms with E-state index in [1.165, 1.54) is 11.3 Å². The number of alkyl halides is 1. The molecule has 0 spiro atoms. The van der Waals surface area contributed by atoms with Gasteiger partial charge in [-0.2, -0.15) is 0 Å². The first-order valence-electron chi connectivity index (χ1n) is 4.93. The summed E-state index contributed by atoms with van der Waals surface area (Å²) in [6.07, 6.45) is 5.38. The van der Waals surface area contributed by atoms with E-state index in [2.05, 4.69) is 56.8 Å². The van der Waals surface area contributed by atoms with E-state index in [0.717, 1.165) is 22.4 Å². The third kappa shape index (κ3) is 2.01. The fraction of sp³-hybridized carbons (Fsp3) is 0.364. The van der Waals surface area contributed by atoms with Crippen LogP contribution >= 0.6 is 27.3 Å². The van der Waals surface area contributed by atoms with Gasteiger partial charge in [-0.25, -0.2) is 4.98 Å². The number of fused-ring (bicyclic) bond motifs is 1. The van der Waals surface area contributed by atoms with E-state index >= 15 is 0 Å². The summed E-state index contributed by atoms with van der Waals surface area (Å²) in [7, 11) is 0. The lowest BCUT2D eigenvalue weighted by Gasteiger charge is -1.99. The Kier molecular flexibility index (Phi) is 3.26. The zero-order valence-corrected chi connectivity index (χ0v) is 11.2. The first-order chi connectivity index (χ1) is 7.26. The fourth-order valence-corrected chi connectivity index (χ4v) is 2.84. The van der Waals surface area contributed by atoms with Gasteiger partial charge >= 0.3 is 0 Å². The summed E-state index contributed by atoms with van der Waals surface area (Å²) in [5.41, 5.74) is 3.71. The van der Waals surface area contributed by atoms with Crippen LogP contribution in [0.25, 0.3) is 11.0 Å². The van der Waals surface area contributed by atoms with Crippen LogP contribution in [-0.2, 0) is 0 Å². The minimum atomic E-state index is 0.931. The standard InChI is InChI=1S/C11H13BrN2S/c1-3-9(7-12)6-10-8(2)13-11-14(10)4-5-15-11/h4-6H,3,7H2,1-2H3. The van der Waals surface area contributed by atoms with Crippen LogP contribution in [0.5, 0.6) is 0 Å². The molecule has 0 bridgehead atoms.